The number of rotatable bonds is 7. The summed E-state index contributed by atoms with van der Waals surface area (Å²) in [5.74, 6) is 0.310. The van der Waals surface area contributed by atoms with E-state index in [4.69, 9.17) is 14.0 Å². The third-order valence-corrected chi connectivity index (χ3v) is 4.16. The Balaban J connectivity index is 1.48. The number of amides is 1. The van der Waals surface area contributed by atoms with Crippen LogP contribution in [0.2, 0.25) is 0 Å². The van der Waals surface area contributed by atoms with Gasteiger partial charge in [0.1, 0.15) is 17.1 Å². The number of aryl methyl sites for hydroxylation is 2. The second kappa shape index (κ2) is 7.31. The predicted octanol–water partition coefficient (Wildman–Crippen LogP) is 2.65. The van der Waals surface area contributed by atoms with Crippen LogP contribution in [0.1, 0.15) is 34.2 Å². The van der Waals surface area contributed by atoms with Gasteiger partial charge in [-0.15, -0.1) is 0 Å². The smallest absolute Gasteiger partial charge is 0.339 e. The Morgan fingerprint density at radius 2 is 2.24 bits per heavy atom. The minimum absolute atomic E-state index is 0.0936. The second-order valence-corrected chi connectivity index (χ2v) is 6.07. The van der Waals surface area contributed by atoms with Crippen molar-refractivity contribution in [2.45, 2.75) is 26.3 Å². The van der Waals surface area contributed by atoms with Crippen LogP contribution in [0.5, 0.6) is 0 Å². The van der Waals surface area contributed by atoms with Crippen molar-refractivity contribution in [1.82, 2.24) is 15.5 Å². The Morgan fingerprint density at radius 3 is 2.92 bits per heavy atom. The zero-order valence-electron chi connectivity index (χ0n) is 13.3. The van der Waals surface area contributed by atoms with Gasteiger partial charge in [0.05, 0.1) is 6.54 Å². The number of aromatic nitrogens is 2. The fourth-order valence-electron chi connectivity index (χ4n) is 2.20. The van der Waals surface area contributed by atoms with Crippen molar-refractivity contribution in [2.75, 3.05) is 0 Å². The number of carboxylic acid groups (broad SMARTS) is 1. The summed E-state index contributed by atoms with van der Waals surface area (Å²) in [6.45, 7) is 1.69. The number of nitrogens with zero attached hydrogens (tertiary/aromatic N) is 2. The standard InChI is InChI=1S/C16H15N3O5S/c1-9-12(16(21)22)6-11(23-9)7-17-13(20)2-3-14-18-15(19-24-14)10-4-5-25-8-10/h4-6,8H,2-3,7H2,1H3,(H,17,20)(H,21,22). The maximum atomic E-state index is 11.9. The van der Waals surface area contributed by atoms with E-state index in [1.165, 1.54) is 17.4 Å². The Morgan fingerprint density at radius 1 is 1.40 bits per heavy atom. The molecule has 25 heavy (non-hydrogen) atoms. The van der Waals surface area contributed by atoms with Crippen molar-refractivity contribution in [3.05, 3.63) is 45.9 Å². The molecule has 0 aliphatic heterocycles. The molecule has 3 heterocycles. The molecule has 1 amide bonds. The lowest BCUT2D eigenvalue weighted by molar-refractivity contribution is -0.121. The number of hydrogen-bond acceptors (Lipinski definition) is 7. The average molecular weight is 361 g/mol. The first kappa shape index (κ1) is 16.9. The van der Waals surface area contributed by atoms with Crippen LogP contribution >= 0.6 is 11.3 Å². The number of thiophene rings is 1. The summed E-state index contributed by atoms with van der Waals surface area (Å²) in [5, 5.41) is 19.4. The first-order valence-corrected chi connectivity index (χ1v) is 8.41. The van der Waals surface area contributed by atoms with Gasteiger partial charge in [0.25, 0.3) is 0 Å². The van der Waals surface area contributed by atoms with Gasteiger partial charge < -0.3 is 19.4 Å². The van der Waals surface area contributed by atoms with Crippen LogP contribution in [-0.2, 0) is 17.8 Å². The third kappa shape index (κ3) is 4.13. The Kier molecular flexibility index (Phi) is 4.94. The van der Waals surface area contributed by atoms with Gasteiger partial charge >= 0.3 is 5.97 Å². The lowest BCUT2D eigenvalue weighted by Crippen LogP contribution is -2.22. The average Bonchev–Trinajstić information content (AvgIpc) is 3.30. The first-order chi connectivity index (χ1) is 12.0. The molecular formula is C16H15N3O5S. The molecule has 9 heteroatoms. The van der Waals surface area contributed by atoms with Crippen LogP contribution in [0.3, 0.4) is 0 Å². The number of aromatic carboxylic acids is 1. The van der Waals surface area contributed by atoms with Crippen LogP contribution in [0.25, 0.3) is 11.4 Å². The van der Waals surface area contributed by atoms with Crippen molar-refractivity contribution >= 4 is 23.2 Å². The fraction of sp³-hybridized carbons (Fsp3) is 0.250. The van der Waals surface area contributed by atoms with Crippen molar-refractivity contribution in [2.24, 2.45) is 0 Å². The summed E-state index contributed by atoms with van der Waals surface area (Å²) in [6, 6.07) is 3.30. The maximum absolute atomic E-state index is 11.9. The number of nitrogens with one attached hydrogen (secondary N) is 1. The minimum atomic E-state index is -1.06. The molecule has 0 atom stereocenters. The van der Waals surface area contributed by atoms with E-state index in [1.807, 2.05) is 16.8 Å². The molecule has 0 bridgehead atoms. The normalized spacial score (nSPS) is 10.8. The first-order valence-electron chi connectivity index (χ1n) is 7.47. The molecule has 8 nitrogen and oxygen atoms in total. The van der Waals surface area contributed by atoms with Crippen LogP contribution in [0, 0.1) is 6.92 Å². The van der Waals surface area contributed by atoms with Gasteiger partial charge in [-0.2, -0.15) is 16.3 Å². The molecule has 0 aliphatic rings. The number of carbonyl (C=O) groups is 2. The molecule has 0 saturated carbocycles. The van der Waals surface area contributed by atoms with E-state index in [0.717, 1.165) is 5.56 Å². The van der Waals surface area contributed by atoms with Gasteiger partial charge in [0.15, 0.2) is 0 Å². The molecule has 0 fully saturated rings. The van der Waals surface area contributed by atoms with E-state index >= 15 is 0 Å². The van der Waals surface area contributed by atoms with Crippen LogP contribution in [-0.4, -0.2) is 27.1 Å². The van der Waals surface area contributed by atoms with Crippen molar-refractivity contribution in [3.63, 3.8) is 0 Å². The molecule has 0 spiro atoms. The SMILES string of the molecule is Cc1oc(CNC(=O)CCc2nc(-c3ccsc3)no2)cc1C(=O)O. The summed E-state index contributed by atoms with van der Waals surface area (Å²) in [5.41, 5.74) is 0.975. The summed E-state index contributed by atoms with van der Waals surface area (Å²) >= 11 is 1.54. The molecule has 2 N–H and O–H groups in total. The molecular weight excluding hydrogens is 346 g/mol. The molecule has 0 aliphatic carbocycles. The second-order valence-electron chi connectivity index (χ2n) is 5.29. The van der Waals surface area contributed by atoms with Gasteiger partial charge in [-0.3, -0.25) is 4.79 Å². The third-order valence-electron chi connectivity index (χ3n) is 3.47. The number of carboxylic acids is 1. The van der Waals surface area contributed by atoms with Gasteiger partial charge in [-0.25, -0.2) is 4.79 Å². The largest absolute Gasteiger partial charge is 0.478 e. The highest BCUT2D eigenvalue weighted by Gasteiger charge is 2.15. The van der Waals surface area contributed by atoms with Crippen LogP contribution < -0.4 is 5.32 Å². The number of hydrogen-bond donors (Lipinski definition) is 2. The molecule has 3 aromatic rings. The van der Waals surface area contributed by atoms with E-state index in [-0.39, 0.29) is 24.4 Å². The van der Waals surface area contributed by atoms with Crippen molar-refractivity contribution in [3.8, 4) is 11.4 Å². The highest BCUT2D eigenvalue weighted by Crippen LogP contribution is 2.19. The summed E-state index contributed by atoms with van der Waals surface area (Å²) in [6.07, 6.45) is 0.497. The maximum Gasteiger partial charge on any atom is 0.339 e. The molecule has 3 aromatic heterocycles. The summed E-state index contributed by atoms with van der Waals surface area (Å²) in [4.78, 5) is 27.1. The zero-order valence-corrected chi connectivity index (χ0v) is 14.1. The monoisotopic (exact) mass is 361 g/mol. The summed E-state index contributed by atoms with van der Waals surface area (Å²) < 4.78 is 10.4. The van der Waals surface area contributed by atoms with Gasteiger partial charge in [-0.1, -0.05) is 5.16 Å². The summed E-state index contributed by atoms with van der Waals surface area (Å²) in [7, 11) is 0. The van der Waals surface area contributed by atoms with Gasteiger partial charge in [-0.05, 0) is 24.4 Å². The van der Waals surface area contributed by atoms with Crippen molar-refractivity contribution < 1.29 is 23.6 Å². The van der Waals surface area contributed by atoms with Gasteiger partial charge in [0, 0.05) is 23.8 Å². The fourth-order valence-corrected chi connectivity index (χ4v) is 2.84. The number of carbonyl (C=O) groups excluding carboxylic acids is 1. The molecule has 3 rings (SSSR count). The molecule has 0 unspecified atom stereocenters. The molecule has 0 saturated heterocycles. The van der Waals surface area contributed by atoms with E-state index in [0.29, 0.717) is 29.7 Å². The Labute approximate surface area is 146 Å². The van der Waals surface area contributed by atoms with E-state index in [2.05, 4.69) is 15.5 Å². The molecule has 0 radical (unpaired) electrons. The lowest BCUT2D eigenvalue weighted by atomic mass is 10.2. The topological polar surface area (TPSA) is 118 Å². The Bertz CT molecular complexity index is 882. The zero-order chi connectivity index (χ0) is 17.8. The van der Waals surface area contributed by atoms with Crippen molar-refractivity contribution in [1.29, 1.82) is 0 Å². The molecule has 130 valence electrons. The Hall–Kier alpha value is -2.94. The van der Waals surface area contributed by atoms with Crippen LogP contribution in [0.15, 0.2) is 31.8 Å². The highest BCUT2D eigenvalue weighted by molar-refractivity contribution is 7.08. The van der Waals surface area contributed by atoms with Gasteiger partial charge in [0.2, 0.25) is 17.6 Å². The minimum Gasteiger partial charge on any atom is -0.478 e. The molecule has 0 aromatic carbocycles. The highest BCUT2D eigenvalue weighted by atomic mass is 32.1. The predicted molar refractivity (Wildman–Crippen MR) is 88.2 cm³/mol. The van der Waals surface area contributed by atoms with E-state index < -0.39 is 5.97 Å². The van der Waals surface area contributed by atoms with E-state index in [9.17, 15) is 9.59 Å². The van der Waals surface area contributed by atoms with Crippen LogP contribution in [0.4, 0.5) is 0 Å². The lowest BCUT2D eigenvalue weighted by Gasteiger charge is -2.01. The van der Waals surface area contributed by atoms with E-state index in [1.54, 1.807) is 6.92 Å². The quantitative estimate of drug-likeness (QED) is 0.664. The number of furan rings is 1.